The van der Waals surface area contributed by atoms with Crippen LogP contribution in [0, 0.1) is 0 Å². The summed E-state index contributed by atoms with van der Waals surface area (Å²) in [6.45, 7) is 2.00. The van der Waals surface area contributed by atoms with Crippen molar-refractivity contribution in [1.82, 2.24) is 14.8 Å². The number of Topliss-reactive ketones (excluding diaryl/α,β-unsaturated/α-hetero) is 1. The van der Waals surface area contributed by atoms with Crippen LogP contribution >= 0.6 is 23.4 Å². The molecule has 0 fully saturated rings. The van der Waals surface area contributed by atoms with Gasteiger partial charge in [0.2, 0.25) is 0 Å². The second-order valence-electron chi connectivity index (χ2n) is 5.59. The maximum absolute atomic E-state index is 11.6. The van der Waals surface area contributed by atoms with E-state index in [1.807, 2.05) is 48.0 Å². The lowest BCUT2D eigenvalue weighted by molar-refractivity contribution is 0.101. The number of carbonyl (C=O) groups excluding carboxylic acids is 1. The van der Waals surface area contributed by atoms with Crippen LogP contribution in [0.3, 0.4) is 0 Å². The van der Waals surface area contributed by atoms with E-state index >= 15 is 0 Å². The first-order valence-electron chi connectivity index (χ1n) is 8.08. The minimum Gasteiger partial charge on any atom is -0.492 e. The summed E-state index contributed by atoms with van der Waals surface area (Å²) in [5.74, 6) is 2.00. The molecule has 0 bridgehead atoms. The van der Waals surface area contributed by atoms with E-state index in [2.05, 4.69) is 10.2 Å². The van der Waals surface area contributed by atoms with Crippen LogP contribution in [0.25, 0.3) is 11.4 Å². The number of benzene rings is 2. The van der Waals surface area contributed by atoms with Gasteiger partial charge in [0.1, 0.15) is 5.75 Å². The molecule has 26 heavy (non-hydrogen) atoms. The monoisotopic (exact) mass is 387 g/mol. The number of aromatic nitrogens is 3. The number of halogens is 1. The van der Waals surface area contributed by atoms with E-state index in [0.29, 0.717) is 28.7 Å². The van der Waals surface area contributed by atoms with Gasteiger partial charge in [0.15, 0.2) is 16.8 Å². The Morgan fingerprint density at radius 1 is 1.15 bits per heavy atom. The number of rotatable bonds is 7. The third-order valence-corrected chi connectivity index (χ3v) is 5.10. The van der Waals surface area contributed by atoms with Crippen LogP contribution in [0.4, 0.5) is 0 Å². The Balaban J connectivity index is 1.62. The Labute approximate surface area is 161 Å². The van der Waals surface area contributed by atoms with E-state index in [9.17, 15) is 4.79 Å². The molecule has 0 saturated heterocycles. The van der Waals surface area contributed by atoms with Crippen LogP contribution in [-0.2, 0) is 7.05 Å². The Kier molecular flexibility index (Phi) is 5.96. The van der Waals surface area contributed by atoms with Gasteiger partial charge in [-0.1, -0.05) is 47.6 Å². The van der Waals surface area contributed by atoms with E-state index in [0.717, 1.165) is 16.5 Å². The lowest BCUT2D eigenvalue weighted by Gasteiger charge is -2.09. The molecule has 1 aromatic heterocycles. The van der Waals surface area contributed by atoms with Crippen LogP contribution in [0.5, 0.6) is 5.75 Å². The van der Waals surface area contributed by atoms with Gasteiger partial charge in [0.25, 0.3) is 0 Å². The van der Waals surface area contributed by atoms with E-state index in [4.69, 9.17) is 16.3 Å². The highest BCUT2D eigenvalue weighted by molar-refractivity contribution is 7.99. The average Bonchev–Trinajstić information content (AvgIpc) is 3.00. The molecule has 3 rings (SSSR count). The van der Waals surface area contributed by atoms with Gasteiger partial charge in [0, 0.05) is 18.4 Å². The number of nitrogens with zero attached hydrogens (tertiary/aromatic N) is 3. The molecule has 5 nitrogen and oxygen atoms in total. The standard InChI is InChI=1S/C19H18ClN3O2S/c1-13(24)14-7-4-6-10-17(14)25-11-12-26-19-22-21-18(23(19)2)15-8-3-5-9-16(15)20/h3-10H,11-12H2,1-2H3. The highest BCUT2D eigenvalue weighted by atomic mass is 35.5. The second kappa shape index (κ2) is 8.38. The normalized spacial score (nSPS) is 10.7. The lowest BCUT2D eigenvalue weighted by atomic mass is 10.1. The summed E-state index contributed by atoms with van der Waals surface area (Å²) in [6, 6.07) is 14.8. The van der Waals surface area contributed by atoms with Crippen LogP contribution in [0.2, 0.25) is 5.02 Å². The number of para-hydroxylation sites is 1. The molecule has 3 aromatic rings. The molecule has 0 aliphatic carbocycles. The molecule has 2 aromatic carbocycles. The van der Waals surface area contributed by atoms with Gasteiger partial charge in [0.05, 0.1) is 17.2 Å². The third kappa shape index (κ3) is 4.08. The van der Waals surface area contributed by atoms with Crippen molar-refractivity contribution in [3.63, 3.8) is 0 Å². The highest BCUT2D eigenvalue weighted by Gasteiger charge is 2.13. The third-order valence-electron chi connectivity index (χ3n) is 3.79. The maximum atomic E-state index is 11.6. The summed E-state index contributed by atoms with van der Waals surface area (Å²) in [6.07, 6.45) is 0. The number of carbonyl (C=O) groups is 1. The zero-order valence-corrected chi connectivity index (χ0v) is 16.0. The summed E-state index contributed by atoms with van der Waals surface area (Å²) in [7, 11) is 1.91. The molecule has 1 heterocycles. The van der Waals surface area contributed by atoms with Gasteiger partial charge >= 0.3 is 0 Å². The first-order valence-corrected chi connectivity index (χ1v) is 9.44. The molecular weight excluding hydrogens is 370 g/mol. The summed E-state index contributed by atoms with van der Waals surface area (Å²) < 4.78 is 7.66. The quantitative estimate of drug-likeness (QED) is 0.339. The maximum Gasteiger partial charge on any atom is 0.191 e. The summed E-state index contributed by atoms with van der Waals surface area (Å²) in [5.41, 5.74) is 1.44. The molecule has 0 amide bonds. The number of hydrogen-bond acceptors (Lipinski definition) is 5. The van der Waals surface area contributed by atoms with Crippen molar-refractivity contribution in [2.75, 3.05) is 12.4 Å². The molecule has 0 N–H and O–H groups in total. The van der Waals surface area contributed by atoms with Crippen LogP contribution in [0.1, 0.15) is 17.3 Å². The van der Waals surface area contributed by atoms with Crippen molar-refractivity contribution in [3.05, 3.63) is 59.1 Å². The van der Waals surface area contributed by atoms with Gasteiger partial charge in [-0.15, -0.1) is 10.2 Å². The first kappa shape index (κ1) is 18.5. The van der Waals surface area contributed by atoms with Crippen LogP contribution in [0.15, 0.2) is 53.7 Å². The van der Waals surface area contributed by atoms with Crippen molar-refractivity contribution in [1.29, 1.82) is 0 Å². The van der Waals surface area contributed by atoms with Crippen molar-refractivity contribution in [2.45, 2.75) is 12.1 Å². The van der Waals surface area contributed by atoms with E-state index in [1.54, 1.807) is 12.1 Å². The Morgan fingerprint density at radius 2 is 1.88 bits per heavy atom. The summed E-state index contributed by atoms with van der Waals surface area (Å²) in [5, 5.41) is 9.90. The molecule has 0 aliphatic rings. The van der Waals surface area contributed by atoms with E-state index in [1.165, 1.54) is 18.7 Å². The van der Waals surface area contributed by atoms with Gasteiger partial charge in [-0.3, -0.25) is 4.79 Å². The second-order valence-corrected chi connectivity index (χ2v) is 7.06. The van der Waals surface area contributed by atoms with E-state index < -0.39 is 0 Å². The average molecular weight is 388 g/mol. The van der Waals surface area contributed by atoms with Crippen LogP contribution < -0.4 is 4.74 Å². The predicted octanol–water partition coefficient (Wildman–Crippen LogP) is 4.51. The van der Waals surface area contributed by atoms with Gasteiger partial charge in [-0.25, -0.2) is 0 Å². The molecule has 0 aliphatic heterocycles. The molecule has 134 valence electrons. The SMILES string of the molecule is CC(=O)c1ccccc1OCCSc1nnc(-c2ccccc2Cl)n1C. The fraction of sp³-hybridized carbons (Fsp3) is 0.211. The van der Waals surface area contributed by atoms with Crippen LogP contribution in [-0.4, -0.2) is 32.9 Å². The van der Waals surface area contributed by atoms with E-state index in [-0.39, 0.29) is 5.78 Å². The lowest BCUT2D eigenvalue weighted by Crippen LogP contribution is -2.05. The fourth-order valence-corrected chi connectivity index (χ4v) is 3.43. The van der Waals surface area contributed by atoms with Crippen molar-refractivity contribution >= 4 is 29.1 Å². The number of hydrogen-bond donors (Lipinski definition) is 0. The minimum absolute atomic E-state index is 0.00839. The van der Waals surface area contributed by atoms with Crippen molar-refractivity contribution in [3.8, 4) is 17.1 Å². The number of ether oxygens (including phenoxy) is 1. The number of thioether (sulfide) groups is 1. The predicted molar refractivity (Wildman–Crippen MR) is 104 cm³/mol. The largest absolute Gasteiger partial charge is 0.492 e. The van der Waals surface area contributed by atoms with Gasteiger partial charge in [-0.2, -0.15) is 0 Å². The number of ketones is 1. The molecule has 0 atom stereocenters. The van der Waals surface area contributed by atoms with Gasteiger partial charge in [-0.05, 0) is 31.2 Å². The van der Waals surface area contributed by atoms with Crippen molar-refractivity contribution < 1.29 is 9.53 Å². The smallest absolute Gasteiger partial charge is 0.191 e. The molecule has 0 saturated carbocycles. The zero-order valence-electron chi connectivity index (χ0n) is 14.5. The summed E-state index contributed by atoms with van der Waals surface area (Å²) in [4.78, 5) is 11.6. The Hall–Kier alpha value is -2.31. The summed E-state index contributed by atoms with van der Waals surface area (Å²) >= 11 is 7.78. The highest BCUT2D eigenvalue weighted by Crippen LogP contribution is 2.28. The zero-order chi connectivity index (χ0) is 18.5. The fourth-order valence-electron chi connectivity index (χ4n) is 2.49. The first-order chi connectivity index (χ1) is 12.6. The molecule has 0 unspecified atom stereocenters. The van der Waals surface area contributed by atoms with Gasteiger partial charge < -0.3 is 9.30 Å². The Morgan fingerprint density at radius 3 is 2.65 bits per heavy atom. The molecular formula is C19H18ClN3O2S. The molecule has 7 heteroatoms. The molecule has 0 radical (unpaired) electrons. The topological polar surface area (TPSA) is 57.0 Å². The van der Waals surface area contributed by atoms with Crippen molar-refractivity contribution in [2.24, 2.45) is 7.05 Å². The molecule has 0 spiro atoms. The minimum atomic E-state index is -0.00839. The Bertz CT molecular complexity index is 927.